The lowest BCUT2D eigenvalue weighted by Crippen LogP contribution is -2.25. The minimum absolute atomic E-state index is 0.388. The molecule has 0 saturated heterocycles. The van der Waals surface area contributed by atoms with Gasteiger partial charge in [-0.15, -0.1) is 0 Å². The van der Waals surface area contributed by atoms with Gasteiger partial charge in [-0.3, -0.25) is 4.79 Å². The number of nitrogens with one attached hydrogen (secondary N) is 1. The Bertz CT molecular complexity index is 1000. The van der Waals surface area contributed by atoms with Gasteiger partial charge in [0.2, 0.25) is 0 Å². The van der Waals surface area contributed by atoms with Gasteiger partial charge in [0.15, 0.2) is 6.10 Å². The normalized spacial score (nSPS) is 11.8. The number of benzene rings is 3. The van der Waals surface area contributed by atoms with E-state index in [-0.39, 0.29) is 0 Å². The van der Waals surface area contributed by atoms with Crippen LogP contribution in [-0.4, -0.2) is 23.2 Å². The predicted octanol–water partition coefficient (Wildman–Crippen LogP) is 3.85. The van der Waals surface area contributed by atoms with E-state index in [1.165, 1.54) is 6.21 Å². The smallest absolute Gasteiger partial charge is 0.343 e. The van der Waals surface area contributed by atoms with E-state index >= 15 is 0 Å². The SMILES string of the molecule is O=C(Oc1ccc(C=NNC(=O)C(O)c2ccccc2)cc1)c1ccc(Br)cc1. The van der Waals surface area contributed by atoms with Crippen molar-refractivity contribution in [2.75, 3.05) is 0 Å². The molecule has 1 amide bonds. The van der Waals surface area contributed by atoms with Crippen molar-refractivity contribution in [1.82, 2.24) is 5.43 Å². The zero-order chi connectivity index (χ0) is 20.6. The monoisotopic (exact) mass is 452 g/mol. The van der Waals surface area contributed by atoms with Crippen molar-refractivity contribution in [3.05, 3.63) is 100 Å². The molecular formula is C22H17BrN2O4. The third-order valence-electron chi connectivity index (χ3n) is 3.92. The first-order valence-electron chi connectivity index (χ1n) is 8.66. The molecule has 0 aliphatic carbocycles. The van der Waals surface area contributed by atoms with Crippen molar-refractivity contribution < 1.29 is 19.4 Å². The molecule has 0 aliphatic rings. The van der Waals surface area contributed by atoms with E-state index in [4.69, 9.17) is 4.74 Å². The summed E-state index contributed by atoms with van der Waals surface area (Å²) in [4.78, 5) is 24.0. The van der Waals surface area contributed by atoms with Crippen LogP contribution in [0, 0.1) is 0 Å². The van der Waals surface area contributed by atoms with Crippen LogP contribution in [0.15, 0.2) is 88.4 Å². The van der Waals surface area contributed by atoms with Crippen molar-refractivity contribution >= 4 is 34.0 Å². The molecule has 6 nitrogen and oxygen atoms in total. The van der Waals surface area contributed by atoms with E-state index in [1.54, 1.807) is 78.9 Å². The van der Waals surface area contributed by atoms with E-state index in [2.05, 4.69) is 26.5 Å². The lowest BCUT2D eigenvalue weighted by molar-refractivity contribution is -0.129. The quantitative estimate of drug-likeness (QED) is 0.257. The van der Waals surface area contributed by atoms with Gasteiger partial charge in [-0.1, -0.05) is 46.3 Å². The lowest BCUT2D eigenvalue weighted by Gasteiger charge is -2.08. The van der Waals surface area contributed by atoms with Gasteiger partial charge in [0, 0.05) is 4.47 Å². The van der Waals surface area contributed by atoms with Crippen molar-refractivity contribution in [1.29, 1.82) is 0 Å². The van der Waals surface area contributed by atoms with Crippen LogP contribution in [0.1, 0.15) is 27.6 Å². The van der Waals surface area contributed by atoms with Gasteiger partial charge in [-0.25, -0.2) is 10.2 Å². The largest absolute Gasteiger partial charge is 0.423 e. The van der Waals surface area contributed by atoms with Crippen LogP contribution < -0.4 is 10.2 Å². The number of carbonyl (C=O) groups excluding carboxylic acids is 2. The molecule has 0 radical (unpaired) electrons. The van der Waals surface area contributed by atoms with E-state index in [9.17, 15) is 14.7 Å². The third kappa shape index (κ3) is 5.84. The van der Waals surface area contributed by atoms with Gasteiger partial charge in [0.05, 0.1) is 11.8 Å². The van der Waals surface area contributed by atoms with Crippen LogP contribution in [0.5, 0.6) is 5.75 Å². The fourth-order valence-corrected chi connectivity index (χ4v) is 2.66. The van der Waals surface area contributed by atoms with Crippen molar-refractivity contribution in [3.8, 4) is 5.75 Å². The molecule has 0 saturated carbocycles. The molecule has 0 spiro atoms. The minimum Gasteiger partial charge on any atom is -0.423 e. The third-order valence-corrected chi connectivity index (χ3v) is 4.45. The number of amides is 1. The number of esters is 1. The molecule has 0 fully saturated rings. The fourth-order valence-electron chi connectivity index (χ4n) is 2.39. The number of hydrazone groups is 1. The summed E-state index contributed by atoms with van der Waals surface area (Å²) in [7, 11) is 0. The van der Waals surface area contributed by atoms with Gasteiger partial charge < -0.3 is 9.84 Å². The Morgan fingerprint density at radius 1 is 0.966 bits per heavy atom. The van der Waals surface area contributed by atoms with Crippen LogP contribution in [-0.2, 0) is 4.79 Å². The minimum atomic E-state index is -1.30. The second kappa shape index (κ2) is 9.77. The molecule has 7 heteroatoms. The summed E-state index contributed by atoms with van der Waals surface area (Å²) in [6.07, 6.45) is 0.129. The highest BCUT2D eigenvalue weighted by Gasteiger charge is 2.15. The molecule has 0 bridgehead atoms. The predicted molar refractivity (Wildman–Crippen MR) is 113 cm³/mol. The zero-order valence-corrected chi connectivity index (χ0v) is 16.7. The lowest BCUT2D eigenvalue weighted by atomic mass is 10.1. The summed E-state index contributed by atoms with van der Waals surface area (Å²) in [6.45, 7) is 0. The molecule has 3 rings (SSSR count). The van der Waals surface area contributed by atoms with Crippen molar-refractivity contribution in [2.24, 2.45) is 5.10 Å². The van der Waals surface area contributed by atoms with Crippen LogP contribution in [0.25, 0.3) is 0 Å². The molecule has 0 aliphatic heterocycles. The van der Waals surface area contributed by atoms with E-state index in [0.29, 0.717) is 22.4 Å². The maximum absolute atomic E-state index is 12.1. The number of hydrogen-bond acceptors (Lipinski definition) is 5. The first kappa shape index (κ1) is 20.4. The van der Waals surface area contributed by atoms with Gasteiger partial charge in [0.25, 0.3) is 5.91 Å². The molecular weight excluding hydrogens is 436 g/mol. The number of carbonyl (C=O) groups is 2. The Morgan fingerprint density at radius 3 is 2.28 bits per heavy atom. The Balaban J connectivity index is 1.54. The summed E-state index contributed by atoms with van der Waals surface area (Å²) in [5.41, 5.74) is 3.90. The van der Waals surface area contributed by atoms with Gasteiger partial charge in [-0.2, -0.15) is 5.10 Å². The molecule has 1 unspecified atom stereocenters. The molecule has 2 N–H and O–H groups in total. The Hall–Kier alpha value is -3.29. The second-order valence-corrected chi connectivity index (χ2v) is 6.93. The zero-order valence-electron chi connectivity index (χ0n) is 15.2. The van der Waals surface area contributed by atoms with Crippen LogP contribution in [0.3, 0.4) is 0 Å². The maximum Gasteiger partial charge on any atom is 0.343 e. The topological polar surface area (TPSA) is 88.0 Å². The molecule has 29 heavy (non-hydrogen) atoms. The molecule has 3 aromatic rings. The molecule has 0 heterocycles. The number of nitrogens with zero attached hydrogens (tertiary/aromatic N) is 1. The molecule has 146 valence electrons. The number of ether oxygens (including phenoxy) is 1. The van der Waals surface area contributed by atoms with E-state index < -0.39 is 18.0 Å². The van der Waals surface area contributed by atoms with Gasteiger partial charge in [-0.05, 0) is 59.7 Å². The Morgan fingerprint density at radius 2 is 1.62 bits per heavy atom. The highest BCUT2D eigenvalue weighted by molar-refractivity contribution is 9.10. The Labute approximate surface area is 176 Å². The number of halogens is 1. The van der Waals surface area contributed by atoms with Crippen LogP contribution in [0.4, 0.5) is 0 Å². The Kier molecular flexibility index (Phi) is 6.89. The number of hydrogen-bond donors (Lipinski definition) is 2. The average Bonchev–Trinajstić information content (AvgIpc) is 2.75. The summed E-state index contributed by atoms with van der Waals surface area (Å²) in [5.74, 6) is -0.702. The summed E-state index contributed by atoms with van der Waals surface area (Å²) in [5, 5.41) is 13.8. The number of aliphatic hydroxyl groups excluding tert-OH is 1. The van der Waals surface area contributed by atoms with Gasteiger partial charge >= 0.3 is 5.97 Å². The molecule has 0 aromatic heterocycles. The number of rotatable bonds is 6. The maximum atomic E-state index is 12.1. The highest BCUT2D eigenvalue weighted by Crippen LogP contribution is 2.16. The van der Waals surface area contributed by atoms with E-state index in [0.717, 1.165) is 4.47 Å². The summed E-state index contributed by atoms with van der Waals surface area (Å²) < 4.78 is 6.19. The highest BCUT2D eigenvalue weighted by atomic mass is 79.9. The first-order chi connectivity index (χ1) is 14.0. The van der Waals surface area contributed by atoms with Crippen molar-refractivity contribution in [2.45, 2.75) is 6.10 Å². The van der Waals surface area contributed by atoms with Crippen LogP contribution >= 0.6 is 15.9 Å². The number of aliphatic hydroxyl groups is 1. The van der Waals surface area contributed by atoms with Crippen molar-refractivity contribution in [3.63, 3.8) is 0 Å². The second-order valence-electron chi connectivity index (χ2n) is 6.01. The molecule has 3 aromatic carbocycles. The van der Waals surface area contributed by atoms with Gasteiger partial charge in [0.1, 0.15) is 5.75 Å². The molecule has 1 atom stereocenters. The van der Waals surface area contributed by atoms with E-state index in [1.807, 2.05) is 0 Å². The summed E-state index contributed by atoms with van der Waals surface area (Å²) >= 11 is 3.31. The van der Waals surface area contributed by atoms with Crippen LogP contribution in [0.2, 0.25) is 0 Å². The fraction of sp³-hybridized carbons (Fsp3) is 0.0455. The standard InChI is InChI=1S/C22H17BrN2O4/c23-18-10-8-17(9-11-18)22(28)29-19-12-6-15(7-13-19)14-24-25-21(27)20(26)16-4-2-1-3-5-16/h1-14,20,26H,(H,25,27). The average molecular weight is 453 g/mol. The first-order valence-corrected chi connectivity index (χ1v) is 9.46. The summed E-state index contributed by atoms with van der Waals surface area (Å²) in [6, 6.07) is 22.1.